The molecule has 25 heavy (non-hydrogen) atoms. The summed E-state index contributed by atoms with van der Waals surface area (Å²) in [5.74, 6) is 0.257. The van der Waals surface area contributed by atoms with E-state index < -0.39 is 17.9 Å². The van der Waals surface area contributed by atoms with Crippen LogP contribution in [0.15, 0.2) is 12.7 Å². The molecule has 3 heterocycles. The Labute approximate surface area is 146 Å². The number of nitrogens with zero attached hydrogens (tertiary/aromatic N) is 4. The van der Waals surface area contributed by atoms with E-state index in [2.05, 4.69) is 15.0 Å². The van der Waals surface area contributed by atoms with Crippen LogP contribution in [0.5, 0.6) is 0 Å². The number of hydrogen-bond donors (Lipinski definition) is 2. The van der Waals surface area contributed by atoms with Crippen LogP contribution < -0.4 is 5.73 Å². The Balaban J connectivity index is 1.97. The number of anilines is 1. The summed E-state index contributed by atoms with van der Waals surface area (Å²) < 4.78 is 19.0. The van der Waals surface area contributed by atoms with Crippen molar-refractivity contribution in [2.75, 3.05) is 18.9 Å². The number of aromatic nitrogens is 4. The SMILES string of the molecule is CC(C)OC[C@H]1OC[C@](O)(n2cnc3c(N)ncnc32)[C@@H]1OC(C)C. The van der Waals surface area contributed by atoms with E-state index in [0.29, 0.717) is 17.8 Å². The highest BCUT2D eigenvalue weighted by Crippen LogP contribution is 2.35. The molecule has 1 aliphatic heterocycles. The van der Waals surface area contributed by atoms with Gasteiger partial charge in [-0.05, 0) is 27.7 Å². The maximum atomic E-state index is 11.4. The minimum Gasteiger partial charge on any atom is -0.382 e. The first-order chi connectivity index (χ1) is 11.8. The van der Waals surface area contributed by atoms with Crippen molar-refractivity contribution in [1.82, 2.24) is 19.5 Å². The lowest BCUT2D eigenvalue weighted by Crippen LogP contribution is -2.49. The molecule has 9 heteroatoms. The number of hydrogen-bond acceptors (Lipinski definition) is 8. The molecule has 3 rings (SSSR count). The highest BCUT2D eigenvalue weighted by Gasteiger charge is 2.52. The normalized spacial score (nSPS) is 27.0. The van der Waals surface area contributed by atoms with Gasteiger partial charge in [-0.25, -0.2) is 15.0 Å². The van der Waals surface area contributed by atoms with Gasteiger partial charge in [-0.15, -0.1) is 0 Å². The Hall–Kier alpha value is -1.81. The zero-order valence-electron chi connectivity index (χ0n) is 14.9. The predicted molar refractivity (Wildman–Crippen MR) is 90.8 cm³/mol. The summed E-state index contributed by atoms with van der Waals surface area (Å²) in [7, 11) is 0. The second kappa shape index (κ2) is 6.83. The van der Waals surface area contributed by atoms with Crippen LogP contribution in [0.3, 0.4) is 0 Å². The number of aliphatic hydroxyl groups is 1. The molecular weight excluding hydrogens is 326 g/mol. The van der Waals surface area contributed by atoms with Gasteiger partial charge in [-0.1, -0.05) is 0 Å². The molecule has 9 nitrogen and oxygen atoms in total. The van der Waals surface area contributed by atoms with Gasteiger partial charge in [0.05, 0.1) is 31.7 Å². The molecule has 3 atom stereocenters. The van der Waals surface area contributed by atoms with Crippen molar-refractivity contribution in [2.45, 2.75) is 57.8 Å². The lowest BCUT2D eigenvalue weighted by molar-refractivity contribution is -0.157. The fourth-order valence-electron chi connectivity index (χ4n) is 2.95. The number of ether oxygens (including phenoxy) is 3. The van der Waals surface area contributed by atoms with Gasteiger partial charge >= 0.3 is 0 Å². The van der Waals surface area contributed by atoms with E-state index in [1.807, 2.05) is 27.7 Å². The molecule has 3 N–H and O–H groups in total. The average Bonchev–Trinajstić information content (AvgIpc) is 3.10. The molecule has 2 aromatic heterocycles. The van der Waals surface area contributed by atoms with E-state index in [1.165, 1.54) is 12.7 Å². The molecule has 0 saturated carbocycles. The molecule has 1 aliphatic rings. The van der Waals surface area contributed by atoms with Crippen LogP contribution in [-0.4, -0.2) is 62.3 Å². The molecule has 1 fully saturated rings. The summed E-state index contributed by atoms with van der Waals surface area (Å²) in [6.07, 6.45) is 1.73. The Morgan fingerprint density at radius 1 is 1.32 bits per heavy atom. The Morgan fingerprint density at radius 2 is 2.08 bits per heavy atom. The fraction of sp³-hybridized carbons (Fsp3) is 0.688. The minimum absolute atomic E-state index is 0.0336. The van der Waals surface area contributed by atoms with E-state index in [1.54, 1.807) is 4.57 Å². The van der Waals surface area contributed by atoms with Crippen LogP contribution in [-0.2, 0) is 19.9 Å². The number of imidazole rings is 1. The van der Waals surface area contributed by atoms with Gasteiger partial charge in [0, 0.05) is 0 Å². The van der Waals surface area contributed by atoms with Crippen molar-refractivity contribution in [3.63, 3.8) is 0 Å². The summed E-state index contributed by atoms with van der Waals surface area (Å²) in [4.78, 5) is 12.4. The first-order valence-electron chi connectivity index (χ1n) is 8.38. The molecule has 0 aromatic carbocycles. The third-order valence-corrected chi connectivity index (χ3v) is 4.09. The van der Waals surface area contributed by atoms with Crippen LogP contribution in [0.1, 0.15) is 27.7 Å². The quantitative estimate of drug-likeness (QED) is 0.780. The Bertz CT molecular complexity index is 734. The van der Waals surface area contributed by atoms with Crippen molar-refractivity contribution in [3.8, 4) is 0 Å². The maximum Gasteiger partial charge on any atom is 0.197 e. The zero-order valence-corrected chi connectivity index (χ0v) is 14.9. The first-order valence-corrected chi connectivity index (χ1v) is 8.38. The zero-order chi connectivity index (χ0) is 18.2. The molecule has 2 aromatic rings. The summed E-state index contributed by atoms with van der Waals surface area (Å²) >= 11 is 0. The molecule has 0 unspecified atom stereocenters. The number of rotatable bonds is 6. The summed E-state index contributed by atoms with van der Waals surface area (Å²) in [6, 6.07) is 0. The molecule has 0 spiro atoms. The van der Waals surface area contributed by atoms with Crippen molar-refractivity contribution in [2.24, 2.45) is 0 Å². The molecular formula is C16H25N5O4. The Morgan fingerprint density at radius 3 is 2.76 bits per heavy atom. The van der Waals surface area contributed by atoms with E-state index in [-0.39, 0.29) is 24.6 Å². The van der Waals surface area contributed by atoms with Crippen molar-refractivity contribution in [1.29, 1.82) is 0 Å². The van der Waals surface area contributed by atoms with Gasteiger partial charge in [0.15, 0.2) is 17.2 Å². The molecule has 1 saturated heterocycles. The van der Waals surface area contributed by atoms with Gasteiger partial charge in [0.2, 0.25) is 0 Å². The Kier molecular flexibility index (Phi) is 4.92. The number of fused-ring (bicyclic) bond motifs is 1. The van der Waals surface area contributed by atoms with Crippen LogP contribution in [0.4, 0.5) is 5.82 Å². The smallest absolute Gasteiger partial charge is 0.197 e. The van der Waals surface area contributed by atoms with Gasteiger partial charge in [-0.3, -0.25) is 4.57 Å². The van der Waals surface area contributed by atoms with Crippen molar-refractivity contribution >= 4 is 17.0 Å². The molecule has 0 bridgehead atoms. The van der Waals surface area contributed by atoms with Gasteiger partial charge < -0.3 is 25.1 Å². The van der Waals surface area contributed by atoms with Gasteiger partial charge in [0.1, 0.15) is 24.1 Å². The highest BCUT2D eigenvalue weighted by molar-refractivity contribution is 5.81. The second-order valence-corrected chi connectivity index (χ2v) is 6.76. The van der Waals surface area contributed by atoms with E-state index in [0.717, 1.165) is 0 Å². The van der Waals surface area contributed by atoms with Crippen molar-refractivity contribution < 1.29 is 19.3 Å². The first kappa shape index (κ1) is 18.0. The van der Waals surface area contributed by atoms with Gasteiger partial charge in [0.25, 0.3) is 0 Å². The highest BCUT2D eigenvalue weighted by atomic mass is 16.6. The van der Waals surface area contributed by atoms with Crippen LogP contribution in [0.2, 0.25) is 0 Å². The third kappa shape index (κ3) is 3.32. The lowest BCUT2D eigenvalue weighted by atomic mass is 10.0. The fourth-order valence-corrected chi connectivity index (χ4v) is 2.95. The molecule has 0 radical (unpaired) electrons. The van der Waals surface area contributed by atoms with Crippen LogP contribution in [0, 0.1) is 0 Å². The summed E-state index contributed by atoms with van der Waals surface area (Å²) in [6.45, 7) is 8.06. The monoisotopic (exact) mass is 351 g/mol. The maximum absolute atomic E-state index is 11.4. The minimum atomic E-state index is -1.47. The van der Waals surface area contributed by atoms with Gasteiger partial charge in [-0.2, -0.15) is 0 Å². The lowest BCUT2D eigenvalue weighted by Gasteiger charge is -2.33. The second-order valence-electron chi connectivity index (χ2n) is 6.76. The van der Waals surface area contributed by atoms with E-state index >= 15 is 0 Å². The summed E-state index contributed by atoms with van der Waals surface area (Å²) in [5.41, 5.74) is 5.24. The molecule has 138 valence electrons. The third-order valence-electron chi connectivity index (χ3n) is 4.09. The number of nitrogens with two attached hydrogens (primary N) is 1. The largest absolute Gasteiger partial charge is 0.382 e. The van der Waals surface area contributed by atoms with Crippen LogP contribution in [0.25, 0.3) is 11.2 Å². The number of nitrogen functional groups attached to an aromatic ring is 1. The molecule has 0 aliphatic carbocycles. The summed E-state index contributed by atoms with van der Waals surface area (Å²) in [5, 5.41) is 11.4. The average molecular weight is 351 g/mol. The topological polar surface area (TPSA) is 118 Å². The van der Waals surface area contributed by atoms with Crippen molar-refractivity contribution in [3.05, 3.63) is 12.7 Å². The molecule has 0 amide bonds. The predicted octanol–water partition coefficient (Wildman–Crippen LogP) is 0.671. The van der Waals surface area contributed by atoms with Crippen LogP contribution >= 0.6 is 0 Å². The van der Waals surface area contributed by atoms with E-state index in [9.17, 15) is 5.11 Å². The van der Waals surface area contributed by atoms with E-state index in [4.69, 9.17) is 19.9 Å². The standard InChI is InChI=1S/C16H25N5O4/c1-9(2)23-5-11-13(25-10(3)4)16(22,6-24-11)21-8-20-12-14(17)18-7-19-15(12)21/h7-11,13,22H,5-6H2,1-4H3,(H2,17,18,19)/t11-,13-,16-/m1/s1.